The zero-order chi connectivity index (χ0) is 14.5. The number of halogens is 1. The summed E-state index contributed by atoms with van der Waals surface area (Å²) in [6.07, 6.45) is 9.66. The molecule has 1 aliphatic carbocycles. The Hall–Kier alpha value is -1.64. The smallest absolute Gasteiger partial charge is 0.191 e. The van der Waals surface area contributed by atoms with E-state index in [9.17, 15) is 0 Å². The number of nitrogens with zero attached hydrogens (tertiary/aromatic N) is 4. The number of aliphatic imine (C=N–C) groups is 1. The quantitative estimate of drug-likeness (QED) is 0.449. The van der Waals surface area contributed by atoms with Gasteiger partial charge in [0.1, 0.15) is 12.1 Å². The Balaban J connectivity index is 0.00000176. The Morgan fingerprint density at radius 3 is 2.95 bits per heavy atom. The molecule has 6 nitrogen and oxygen atoms in total. The topological polar surface area (TPSA) is 67.1 Å². The molecule has 2 aromatic heterocycles. The Kier molecular flexibility index (Phi) is 6.17. The van der Waals surface area contributed by atoms with Crippen LogP contribution < -0.4 is 10.6 Å². The molecule has 0 bridgehead atoms. The lowest BCUT2D eigenvalue weighted by molar-refractivity contribution is 0.811. The maximum absolute atomic E-state index is 4.63. The average molecular weight is 412 g/mol. The van der Waals surface area contributed by atoms with Crippen molar-refractivity contribution in [2.75, 3.05) is 6.54 Å². The molecule has 118 valence electrons. The van der Waals surface area contributed by atoms with Gasteiger partial charge in [0.25, 0.3) is 0 Å². The fraction of sp³-hybridized carbons (Fsp3) is 0.400. The minimum atomic E-state index is 0. The van der Waals surface area contributed by atoms with Crippen molar-refractivity contribution in [3.8, 4) is 5.82 Å². The summed E-state index contributed by atoms with van der Waals surface area (Å²) in [7, 11) is 0. The molecule has 0 atom stereocenters. The summed E-state index contributed by atoms with van der Waals surface area (Å²) in [5.41, 5.74) is 1.13. The SMILES string of the molecule is CCNC(=NCc1ccnc(-n2ccnc2)c1)NC1CC1.I. The van der Waals surface area contributed by atoms with E-state index in [4.69, 9.17) is 0 Å². The molecule has 2 N–H and O–H groups in total. The van der Waals surface area contributed by atoms with Crippen molar-refractivity contribution in [3.63, 3.8) is 0 Å². The van der Waals surface area contributed by atoms with Gasteiger partial charge in [0, 0.05) is 31.2 Å². The first-order chi connectivity index (χ1) is 10.3. The zero-order valence-corrected chi connectivity index (χ0v) is 14.9. The number of nitrogens with one attached hydrogen (secondary N) is 2. The second-order valence-corrected chi connectivity index (χ2v) is 5.11. The van der Waals surface area contributed by atoms with Crippen LogP contribution in [0, 0.1) is 0 Å². The van der Waals surface area contributed by atoms with E-state index in [1.165, 1.54) is 12.8 Å². The maximum atomic E-state index is 4.63. The van der Waals surface area contributed by atoms with Gasteiger partial charge in [-0.25, -0.2) is 15.0 Å². The highest BCUT2D eigenvalue weighted by Crippen LogP contribution is 2.18. The monoisotopic (exact) mass is 412 g/mol. The molecule has 3 rings (SSSR count). The van der Waals surface area contributed by atoms with Crippen molar-refractivity contribution >= 4 is 29.9 Å². The number of hydrogen-bond donors (Lipinski definition) is 2. The van der Waals surface area contributed by atoms with Gasteiger partial charge in [-0.05, 0) is 37.5 Å². The van der Waals surface area contributed by atoms with Crippen LogP contribution in [0.2, 0.25) is 0 Å². The van der Waals surface area contributed by atoms with Crippen LogP contribution in [0.1, 0.15) is 25.3 Å². The highest BCUT2D eigenvalue weighted by Gasteiger charge is 2.21. The zero-order valence-electron chi connectivity index (χ0n) is 12.6. The van der Waals surface area contributed by atoms with Gasteiger partial charge >= 0.3 is 0 Å². The molecule has 0 radical (unpaired) electrons. The first-order valence-electron chi connectivity index (χ1n) is 7.33. The fourth-order valence-electron chi connectivity index (χ4n) is 2.01. The van der Waals surface area contributed by atoms with Gasteiger partial charge in [-0.3, -0.25) is 4.57 Å². The number of aromatic nitrogens is 3. The van der Waals surface area contributed by atoms with E-state index in [1.807, 2.05) is 22.9 Å². The molecule has 1 fully saturated rings. The molecule has 0 aliphatic heterocycles. The van der Waals surface area contributed by atoms with Crippen molar-refractivity contribution in [2.24, 2.45) is 4.99 Å². The van der Waals surface area contributed by atoms with Gasteiger partial charge in [-0.2, -0.15) is 0 Å². The summed E-state index contributed by atoms with van der Waals surface area (Å²) in [6, 6.07) is 4.62. The normalized spacial score (nSPS) is 14.3. The van der Waals surface area contributed by atoms with Crippen LogP contribution in [-0.4, -0.2) is 33.1 Å². The third kappa shape index (κ3) is 4.69. The van der Waals surface area contributed by atoms with Gasteiger partial charge in [0.05, 0.1) is 6.54 Å². The average Bonchev–Trinajstić information content (AvgIpc) is 3.15. The molecule has 7 heteroatoms. The van der Waals surface area contributed by atoms with Crippen molar-refractivity contribution in [2.45, 2.75) is 32.4 Å². The lowest BCUT2D eigenvalue weighted by Crippen LogP contribution is -2.38. The van der Waals surface area contributed by atoms with Gasteiger partial charge in [0.2, 0.25) is 0 Å². The van der Waals surface area contributed by atoms with E-state index in [0.717, 1.165) is 23.9 Å². The van der Waals surface area contributed by atoms with Gasteiger partial charge in [-0.15, -0.1) is 24.0 Å². The van der Waals surface area contributed by atoms with Gasteiger partial charge in [0.15, 0.2) is 5.96 Å². The largest absolute Gasteiger partial charge is 0.357 e. The predicted octanol–water partition coefficient (Wildman–Crippen LogP) is 2.10. The maximum Gasteiger partial charge on any atom is 0.191 e. The third-order valence-electron chi connectivity index (χ3n) is 3.26. The van der Waals surface area contributed by atoms with Crippen molar-refractivity contribution in [1.82, 2.24) is 25.2 Å². The van der Waals surface area contributed by atoms with E-state index in [2.05, 4.69) is 32.5 Å². The van der Waals surface area contributed by atoms with E-state index in [1.54, 1.807) is 18.7 Å². The second kappa shape index (κ2) is 8.11. The fourth-order valence-corrected chi connectivity index (χ4v) is 2.01. The van der Waals surface area contributed by atoms with E-state index in [-0.39, 0.29) is 24.0 Å². The van der Waals surface area contributed by atoms with E-state index in [0.29, 0.717) is 12.6 Å². The molecule has 2 aromatic rings. The van der Waals surface area contributed by atoms with Gasteiger partial charge in [-0.1, -0.05) is 0 Å². The minimum absolute atomic E-state index is 0. The van der Waals surface area contributed by atoms with Crippen molar-refractivity contribution in [1.29, 1.82) is 0 Å². The molecule has 0 aromatic carbocycles. The Morgan fingerprint density at radius 1 is 1.41 bits per heavy atom. The predicted molar refractivity (Wildman–Crippen MR) is 97.7 cm³/mol. The molecule has 1 saturated carbocycles. The highest BCUT2D eigenvalue weighted by molar-refractivity contribution is 14.0. The Morgan fingerprint density at radius 2 is 2.27 bits per heavy atom. The number of hydrogen-bond acceptors (Lipinski definition) is 3. The first-order valence-corrected chi connectivity index (χ1v) is 7.33. The lowest BCUT2D eigenvalue weighted by atomic mass is 10.2. The van der Waals surface area contributed by atoms with Crippen molar-refractivity contribution in [3.05, 3.63) is 42.6 Å². The summed E-state index contributed by atoms with van der Waals surface area (Å²) < 4.78 is 1.89. The van der Waals surface area contributed by atoms with E-state index < -0.39 is 0 Å². The number of pyridine rings is 1. The molecule has 2 heterocycles. The summed E-state index contributed by atoms with van der Waals surface area (Å²) >= 11 is 0. The standard InChI is InChI=1S/C15H20N6.HI/c1-2-17-15(20-13-3-4-13)19-10-12-5-6-18-14(9-12)21-8-7-16-11-21;/h5-9,11,13H,2-4,10H2,1H3,(H2,17,19,20);1H. The number of rotatable bonds is 5. The van der Waals surface area contributed by atoms with Crippen LogP contribution >= 0.6 is 24.0 Å². The first kappa shape index (κ1) is 16.7. The van der Waals surface area contributed by atoms with Crippen LogP contribution in [-0.2, 0) is 6.54 Å². The molecule has 22 heavy (non-hydrogen) atoms. The van der Waals surface area contributed by atoms with Crippen LogP contribution in [0.15, 0.2) is 42.0 Å². The third-order valence-corrected chi connectivity index (χ3v) is 3.26. The molecular formula is C15H21IN6. The van der Waals surface area contributed by atoms with Crippen LogP contribution in [0.25, 0.3) is 5.82 Å². The van der Waals surface area contributed by atoms with Crippen LogP contribution in [0.3, 0.4) is 0 Å². The lowest BCUT2D eigenvalue weighted by Gasteiger charge is -2.10. The summed E-state index contributed by atoms with van der Waals surface area (Å²) in [4.78, 5) is 13.0. The second-order valence-electron chi connectivity index (χ2n) is 5.11. The van der Waals surface area contributed by atoms with Crippen molar-refractivity contribution < 1.29 is 0 Å². The Bertz CT molecular complexity index is 606. The van der Waals surface area contributed by atoms with Crippen LogP contribution in [0.5, 0.6) is 0 Å². The minimum Gasteiger partial charge on any atom is -0.357 e. The molecule has 0 spiro atoms. The molecule has 0 saturated heterocycles. The van der Waals surface area contributed by atoms with Gasteiger partial charge < -0.3 is 10.6 Å². The van der Waals surface area contributed by atoms with Crippen LogP contribution in [0.4, 0.5) is 0 Å². The summed E-state index contributed by atoms with van der Waals surface area (Å²) in [5, 5.41) is 6.69. The Labute approximate surface area is 147 Å². The molecule has 0 amide bonds. The number of imidazole rings is 1. The molecule has 1 aliphatic rings. The summed E-state index contributed by atoms with van der Waals surface area (Å²) in [5.74, 6) is 1.75. The molecule has 0 unspecified atom stereocenters. The molecular weight excluding hydrogens is 391 g/mol. The highest BCUT2D eigenvalue weighted by atomic mass is 127. The summed E-state index contributed by atoms with van der Waals surface area (Å²) in [6.45, 7) is 3.58. The number of guanidine groups is 1. The van der Waals surface area contributed by atoms with E-state index >= 15 is 0 Å².